The number of aliphatic hydroxyl groups excluding tert-OH is 1. The number of nitrogens with one attached hydrogen (secondary N) is 2. The van der Waals surface area contributed by atoms with Crippen LogP contribution < -0.4 is 10.6 Å². The number of nitriles is 1. The molecule has 9 heteroatoms. The molecule has 0 aromatic heterocycles. The molecule has 1 saturated carbocycles. The zero-order chi connectivity index (χ0) is 26.0. The third kappa shape index (κ3) is 6.80. The van der Waals surface area contributed by atoms with Crippen LogP contribution in [0.1, 0.15) is 63.3 Å². The van der Waals surface area contributed by atoms with Crippen LogP contribution in [0.5, 0.6) is 0 Å². The summed E-state index contributed by atoms with van der Waals surface area (Å²) in [6, 6.07) is 11.3. The average Bonchev–Trinajstić information content (AvgIpc) is 3.55. The zero-order valence-corrected chi connectivity index (χ0v) is 19.8. The maximum absolute atomic E-state index is 14.5. The number of hydrogen-bond acceptors (Lipinski definition) is 4. The fraction of sp³-hybridized carbons (Fsp3) is 0.462. The van der Waals surface area contributed by atoms with Crippen LogP contribution in [-0.2, 0) is 4.79 Å². The highest BCUT2D eigenvalue weighted by atomic mass is 19.4. The minimum atomic E-state index is -4.86. The second-order valence-corrected chi connectivity index (χ2v) is 9.69. The number of rotatable bonds is 9. The fourth-order valence-corrected chi connectivity index (χ4v) is 4.00. The van der Waals surface area contributed by atoms with Gasteiger partial charge in [-0.1, -0.05) is 42.5 Å². The van der Waals surface area contributed by atoms with Crippen LogP contribution in [0.4, 0.5) is 17.6 Å². The summed E-state index contributed by atoms with van der Waals surface area (Å²) in [7, 11) is 0. The second kappa shape index (κ2) is 9.96. The number of halogens is 4. The molecule has 1 amide bonds. The smallest absolute Gasteiger partial charge is 0.389 e. The lowest BCUT2D eigenvalue weighted by molar-refractivity contribution is -0.162. The Hall–Kier alpha value is -2.96. The molecular weight excluding hydrogens is 462 g/mol. The van der Waals surface area contributed by atoms with Gasteiger partial charge in [-0.25, -0.2) is 4.39 Å². The molecule has 0 spiro atoms. The van der Waals surface area contributed by atoms with Crippen molar-refractivity contribution >= 4 is 5.91 Å². The maximum Gasteiger partial charge on any atom is 0.407 e. The van der Waals surface area contributed by atoms with Gasteiger partial charge in [-0.3, -0.25) is 10.1 Å². The van der Waals surface area contributed by atoms with Gasteiger partial charge in [0.2, 0.25) is 5.91 Å². The van der Waals surface area contributed by atoms with E-state index in [-0.39, 0.29) is 11.1 Å². The quantitative estimate of drug-likeness (QED) is 0.417. The second-order valence-electron chi connectivity index (χ2n) is 9.69. The monoisotopic (exact) mass is 491 g/mol. The van der Waals surface area contributed by atoms with Gasteiger partial charge in [-0.05, 0) is 61.9 Å². The summed E-state index contributed by atoms with van der Waals surface area (Å²) >= 11 is 0. The molecule has 2 aromatic rings. The number of aliphatic hydroxyl groups is 1. The van der Waals surface area contributed by atoms with Gasteiger partial charge < -0.3 is 10.4 Å². The summed E-state index contributed by atoms with van der Waals surface area (Å²) in [6.45, 7) is 3.70. The molecule has 35 heavy (non-hydrogen) atoms. The molecule has 3 N–H and O–H groups in total. The van der Waals surface area contributed by atoms with Gasteiger partial charge in [-0.2, -0.15) is 18.4 Å². The molecule has 1 fully saturated rings. The third-order valence-electron chi connectivity index (χ3n) is 5.98. The van der Waals surface area contributed by atoms with E-state index in [2.05, 4.69) is 10.6 Å². The van der Waals surface area contributed by atoms with Gasteiger partial charge in [0.05, 0.1) is 18.2 Å². The van der Waals surface area contributed by atoms with E-state index < -0.39 is 47.9 Å². The first kappa shape index (κ1) is 26.6. The molecule has 2 aromatic carbocycles. The summed E-state index contributed by atoms with van der Waals surface area (Å²) in [5.41, 5.74) is -1.92. The predicted octanol–water partition coefficient (Wildman–Crippen LogP) is 5.28. The maximum atomic E-state index is 14.5. The largest absolute Gasteiger partial charge is 0.407 e. The lowest BCUT2D eigenvalue weighted by atomic mass is 9.91. The minimum absolute atomic E-state index is 0.0375. The number of hydrogen-bond donors (Lipinski definition) is 3. The van der Waals surface area contributed by atoms with Crippen LogP contribution in [0.15, 0.2) is 48.5 Å². The summed E-state index contributed by atoms with van der Waals surface area (Å²) in [5, 5.41) is 24.4. The van der Waals surface area contributed by atoms with Gasteiger partial charge in [0.25, 0.3) is 0 Å². The van der Waals surface area contributed by atoms with Crippen molar-refractivity contribution in [1.82, 2.24) is 10.6 Å². The van der Waals surface area contributed by atoms with E-state index in [1.807, 2.05) is 12.1 Å². The van der Waals surface area contributed by atoms with Gasteiger partial charge in [-0.15, -0.1) is 0 Å². The van der Waals surface area contributed by atoms with Crippen molar-refractivity contribution in [2.45, 2.75) is 75.6 Å². The number of carbonyl (C=O) groups is 1. The molecule has 0 saturated heterocycles. The highest BCUT2D eigenvalue weighted by molar-refractivity contribution is 5.83. The van der Waals surface area contributed by atoms with Crippen molar-refractivity contribution in [2.24, 2.45) is 0 Å². The van der Waals surface area contributed by atoms with E-state index in [0.29, 0.717) is 18.4 Å². The summed E-state index contributed by atoms with van der Waals surface area (Å²) in [5.74, 6) is -0.872. The summed E-state index contributed by atoms with van der Waals surface area (Å²) < 4.78 is 57.5. The first-order valence-corrected chi connectivity index (χ1v) is 11.4. The molecule has 188 valence electrons. The first-order chi connectivity index (χ1) is 16.2. The molecule has 1 aliphatic rings. The van der Waals surface area contributed by atoms with Crippen LogP contribution in [0.25, 0.3) is 11.1 Å². The molecule has 0 bridgehead atoms. The fourth-order valence-electron chi connectivity index (χ4n) is 4.00. The molecule has 1 aliphatic carbocycles. The van der Waals surface area contributed by atoms with Gasteiger partial charge >= 0.3 is 6.18 Å². The van der Waals surface area contributed by atoms with Crippen molar-refractivity contribution < 1.29 is 27.5 Å². The van der Waals surface area contributed by atoms with Crippen molar-refractivity contribution in [3.05, 3.63) is 59.7 Å². The molecule has 0 radical (unpaired) electrons. The van der Waals surface area contributed by atoms with E-state index in [0.717, 1.165) is 5.56 Å². The third-order valence-corrected chi connectivity index (χ3v) is 5.98. The summed E-state index contributed by atoms with van der Waals surface area (Å²) in [6.07, 6.45) is -5.87. The Morgan fingerprint density at radius 2 is 1.71 bits per heavy atom. The van der Waals surface area contributed by atoms with Gasteiger partial charge in [0.15, 0.2) is 0 Å². The Morgan fingerprint density at radius 1 is 1.09 bits per heavy atom. The van der Waals surface area contributed by atoms with Crippen LogP contribution in [0.2, 0.25) is 0 Å². The van der Waals surface area contributed by atoms with E-state index in [4.69, 9.17) is 0 Å². The first-order valence-electron chi connectivity index (χ1n) is 11.4. The zero-order valence-electron chi connectivity index (χ0n) is 19.8. The summed E-state index contributed by atoms with van der Waals surface area (Å²) in [4.78, 5) is 12.9. The average molecular weight is 492 g/mol. The van der Waals surface area contributed by atoms with Crippen molar-refractivity contribution in [3.8, 4) is 17.2 Å². The number of carbonyl (C=O) groups excluding carboxylic acids is 1. The van der Waals surface area contributed by atoms with Crippen LogP contribution in [0.3, 0.4) is 0 Å². The molecule has 0 aliphatic heterocycles. The molecule has 0 heterocycles. The molecule has 3 atom stereocenters. The van der Waals surface area contributed by atoms with E-state index in [1.54, 1.807) is 24.3 Å². The number of amides is 1. The lowest BCUT2D eigenvalue weighted by Crippen LogP contribution is -2.53. The SMILES string of the molecule is CC(O)c1cc(-c2ccccc2)ccc1[C@H](N[C@@H](CC(C)(C)F)C(=O)NC1(C#N)CC1)C(F)(F)F. The van der Waals surface area contributed by atoms with Gasteiger partial charge in [0.1, 0.15) is 17.2 Å². The number of nitrogens with zero attached hydrogens (tertiary/aromatic N) is 1. The minimum Gasteiger partial charge on any atom is -0.389 e. The Morgan fingerprint density at radius 3 is 2.20 bits per heavy atom. The molecular formula is C26H29F4N3O2. The standard InChI is InChI=1S/C26H29F4N3O2/c1-16(34)20-13-18(17-7-5-4-6-8-17)9-10-19(20)22(26(28,29)30)32-21(14-24(2,3)27)23(35)33-25(15-31)11-12-25/h4-10,13,16,21-22,32,34H,11-12,14H2,1-3H3,(H,33,35)/t16?,21-,22-/m0/s1. The van der Waals surface area contributed by atoms with Crippen LogP contribution >= 0.6 is 0 Å². The topological polar surface area (TPSA) is 85.2 Å². The van der Waals surface area contributed by atoms with Crippen LogP contribution in [-0.4, -0.2) is 34.4 Å². The number of benzene rings is 2. The Bertz CT molecular complexity index is 1080. The Labute approximate surface area is 202 Å². The van der Waals surface area contributed by atoms with Gasteiger partial charge in [0, 0.05) is 6.42 Å². The molecule has 3 rings (SSSR count). The Kier molecular flexibility index (Phi) is 7.58. The predicted molar refractivity (Wildman–Crippen MR) is 124 cm³/mol. The normalized spacial score (nSPS) is 17.7. The van der Waals surface area contributed by atoms with Crippen molar-refractivity contribution in [2.75, 3.05) is 0 Å². The molecule has 1 unspecified atom stereocenters. The van der Waals surface area contributed by atoms with Crippen molar-refractivity contribution in [3.63, 3.8) is 0 Å². The lowest BCUT2D eigenvalue weighted by Gasteiger charge is -2.31. The highest BCUT2D eigenvalue weighted by Crippen LogP contribution is 2.39. The Balaban J connectivity index is 2.00. The highest BCUT2D eigenvalue weighted by Gasteiger charge is 2.48. The number of alkyl halides is 4. The van der Waals surface area contributed by atoms with Crippen LogP contribution in [0, 0.1) is 11.3 Å². The van der Waals surface area contributed by atoms with E-state index >= 15 is 0 Å². The molecule has 5 nitrogen and oxygen atoms in total. The van der Waals surface area contributed by atoms with E-state index in [1.165, 1.54) is 39.0 Å². The van der Waals surface area contributed by atoms with Crippen molar-refractivity contribution in [1.29, 1.82) is 5.26 Å². The van der Waals surface area contributed by atoms with E-state index in [9.17, 15) is 32.7 Å².